The van der Waals surface area contributed by atoms with E-state index in [1.54, 1.807) is 18.4 Å². The van der Waals surface area contributed by atoms with Crippen molar-refractivity contribution in [1.29, 1.82) is 0 Å². The zero-order valence-electron chi connectivity index (χ0n) is 19.5. The van der Waals surface area contributed by atoms with Crippen molar-refractivity contribution >= 4 is 28.1 Å². The first-order valence-corrected chi connectivity index (χ1v) is 13.0. The fourth-order valence-electron chi connectivity index (χ4n) is 4.01. The summed E-state index contributed by atoms with van der Waals surface area (Å²) in [7, 11) is 1.63. The fraction of sp³-hybridized carbons (Fsp3) is 0.240. The largest absolute Gasteiger partial charge is 0.497 e. The monoisotopic (exact) mass is 527 g/mol. The predicted molar refractivity (Wildman–Crippen MR) is 136 cm³/mol. The van der Waals surface area contributed by atoms with Crippen LogP contribution in [0.25, 0.3) is 16.2 Å². The number of hydrogen-bond donors (Lipinski definition) is 1. The number of thiazole rings is 1. The lowest BCUT2D eigenvalue weighted by molar-refractivity contribution is 0.0133. The van der Waals surface area contributed by atoms with E-state index in [9.17, 15) is 13.9 Å². The standard InChI is InChI=1S/C25H23F2N5O2S2/c1-16(25(33,13-32-15-28-14-29-32)21-7-6-18(26)9-22(21)27)35-12-20-10-31-11-23(30-24(31)36-20)17-4-3-5-19(8-17)34-2/h3-11,14-16,33H,12-13H2,1-2H3/t16-,25-/m1/s1. The van der Waals surface area contributed by atoms with Gasteiger partial charge in [-0.2, -0.15) is 5.10 Å². The molecule has 0 aliphatic carbocycles. The number of halogens is 2. The molecule has 0 unspecified atom stereocenters. The van der Waals surface area contributed by atoms with E-state index in [0.29, 0.717) is 5.75 Å². The van der Waals surface area contributed by atoms with Gasteiger partial charge < -0.3 is 9.84 Å². The Bertz CT molecular complexity index is 1460. The third-order valence-corrected chi connectivity index (χ3v) is 8.53. The van der Waals surface area contributed by atoms with E-state index in [1.807, 2.05) is 48.0 Å². The first kappa shape index (κ1) is 24.4. The summed E-state index contributed by atoms with van der Waals surface area (Å²) in [5.41, 5.74) is 0.187. The number of nitrogens with zero attached hydrogens (tertiary/aromatic N) is 5. The molecule has 0 bridgehead atoms. The highest BCUT2D eigenvalue weighted by atomic mass is 32.2. The number of imidazole rings is 1. The van der Waals surface area contributed by atoms with Gasteiger partial charge in [0.1, 0.15) is 35.6 Å². The maximum atomic E-state index is 14.7. The van der Waals surface area contributed by atoms with E-state index in [0.717, 1.165) is 39.0 Å². The van der Waals surface area contributed by atoms with Gasteiger partial charge in [0.15, 0.2) is 4.96 Å². The van der Waals surface area contributed by atoms with Crippen LogP contribution in [0.3, 0.4) is 0 Å². The predicted octanol–water partition coefficient (Wildman–Crippen LogP) is 5.15. The number of benzene rings is 2. The van der Waals surface area contributed by atoms with Crippen LogP contribution in [-0.4, -0.2) is 41.6 Å². The summed E-state index contributed by atoms with van der Waals surface area (Å²) < 4.78 is 37.0. The van der Waals surface area contributed by atoms with Crippen molar-refractivity contribution < 1.29 is 18.6 Å². The quantitative estimate of drug-likeness (QED) is 0.286. The fourth-order valence-corrected chi connectivity index (χ4v) is 6.17. The Labute approximate surface area is 214 Å². The van der Waals surface area contributed by atoms with Crippen molar-refractivity contribution in [3.63, 3.8) is 0 Å². The maximum absolute atomic E-state index is 14.7. The third kappa shape index (κ3) is 4.86. The van der Waals surface area contributed by atoms with Crippen LogP contribution in [0.15, 0.2) is 67.5 Å². The minimum absolute atomic E-state index is 0.0170. The van der Waals surface area contributed by atoms with E-state index in [4.69, 9.17) is 9.72 Å². The molecule has 0 saturated heterocycles. The van der Waals surface area contributed by atoms with Crippen molar-refractivity contribution in [2.75, 3.05) is 7.11 Å². The number of methoxy groups -OCH3 is 1. The second kappa shape index (κ2) is 10.00. The summed E-state index contributed by atoms with van der Waals surface area (Å²) in [4.78, 5) is 10.5. The van der Waals surface area contributed by atoms with Crippen LogP contribution >= 0.6 is 23.1 Å². The van der Waals surface area contributed by atoms with Gasteiger partial charge in [-0.3, -0.25) is 4.40 Å². The smallest absolute Gasteiger partial charge is 0.194 e. The molecule has 5 rings (SSSR count). The SMILES string of the molecule is COc1cccc(-c2cn3cc(CS[C@H](C)[C@](O)(Cn4cncn4)c4ccc(F)cc4F)sc3n2)c1. The van der Waals surface area contributed by atoms with Gasteiger partial charge in [-0.1, -0.05) is 25.1 Å². The van der Waals surface area contributed by atoms with Crippen LogP contribution in [-0.2, 0) is 17.9 Å². The number of ether oxygens (including phenoxy) is 1. The van der Waals surface area contributed by atoms with Crippen molar-refractivity contribution in [3.8, 4) is 17.0 Å². The molecule has 3 aromatic heterocycles. The third-order valence-electron chi connectivity index (χ3n) is 5.98. The van der Waals surface area contributed by atoms with Gasteiger partial charge in [0.2, 0.25) is 0 Å². The van der Waals surface area contributed by atoms with Crippen LogP contribution < -0.4 is 4.74 Å². The molecule has 11 heteroatoms. The van der Waals surface area contributed by atoms with Crippen molar-refractivity contribution in [2.45, 2.75) is 30.1 Å². The molecule has 5 aromatic rings. The van der Waals surface area contributed by atoms with E-state index in [-0.39, 0.29) is 12.1 Å². The second-order valence-corrected chi connectivity index (χ2v) is 10.8. The lowest BCUT2D eigenvalue weighted by Crippen LogP contribution is -2.41. The van der Waals surface area contributed by atoms with Gasteiger partial charge in [-0.25, -0.2) is 23.4 Å². The van der Waals surface area contributed by atoms with Crippen LogP contribution in [0, 0.1) is 11.6 Å². The molecule has 0 fully saturated rings. The van der Waals surface area contributed by atoms with Crippen LogP contribution in [0.2, 0.25) is 0 Å². The first-order chi connectivity index (χ1) is 17.4. The zero-order valence-corrected chi connectivity index (χ0v) is 21.1. The molecule has 0 aliphatic heterocycles. The molecule has 2 atom stereocenters. The Morgan fingerprint density at radius 2 is 2.06 bits per heavy atom. The van der Waals surface area contributed by atoms with E-state index in [1.165, 1.54) is 35.2 Å². The lowest BCUT2D eigenvalue weighted by Gasteiger charge is -2.34. The Morgan fingerprint density at radius 1 is 1.19 bits per heavy atom. The Hall–Kier alpha value is -3.28. The van der Waals surface area contributed by atoms with Gasteiger partial charge in [0, 0.05) is 45.5 Å². The molecule has 3 heterocycles. The van der Waals surface area contributed by atoms with Crippen molar-refractivity contribution in [1.82, 2.24) is 24.1 Å². The summed E-state index contributed by atoms with van der Waals surface area (Å²) in [6.45, 7) is 1.80. The van der Waals surface area contributed by atoms with Gasteiger partial charge >= 0.3 is 0 Å². The Kier molecular flexibility index (Phi) is 6.78. The van der Waals surface area contributed by atoms with Gasteiger partial charge in [-0.05, 0) is 18.2 Å². The number of aromatic nitrogens is 5. The molecule has 1 N–H and O–H groups in total. The second-order valence-electron chi connectivity index (χ2n) is 8.34. The molecule has 0 aliphatic rings. The molecule has 0 saturated carbocycles. The van der Waals surface area contributed by atoms with E-state index < -0.39 is 22.5 Å². The van der Waals surface area contributed by atoms with Crippen LogP contribution in [0.5, 0.6) is 5.75 Å². The summed E-state index contributed by atoms with van der Waals surface area (Å²) in [5, 5.41) is 15.3. The molecule has 36 heavy (non-hydrogen) atoms. The van der Waals surface area contributed by atoms with Gasteiger partial charge in [-0.15, -0.1) is 23.1 Å². The van der Waals surface area contributed by atoms with Gasteiger partial charge in [0.25, 0.3) is 0 Å². The molecule has 186 valence electrons. The zero-order chi connectivity index (χ0) is 25.3. The number of aliphatic hydroxyl groups is 1. The summed E-state index contributed by atoms with van der Waals surface area (Å²) in [6.07, 6.45) is 6.77. The molecular weight excluding hydrogens is 504 g/mol. The normalized spacial score (nSPS) is 14.1. The van der Waals surface area contributed by atoms with E-state index >= 15 is 0 Å². The number of fused-ring (bicyclic) bond motifs is 1. The Balaban J connectivity index is 1.35. The highest BCUT2D eigenvalue weighted by Gasteiger charge is 2.39. The van der Waals surface area contributed by atoms with Crippen molar-refractivity contribution in [2.24, 2.45) is 0 Å². The molecule has 2 aromatic carbocycles. The molecular formula is C25H23F2N5O2S2. The Morgan fingerprint density at radius 3 is 2.78 bits per heavy atom. The minimum Gasteiger partial charge on any atom is -0.497 e. The number of thioether (sulfide) groups is 1. The van der Waals surface area contributed by atoms with Crippen molar-refractivity contribution in [3.05, 3.63) is 89.6 Å². The molecule has 0 spiro atoms. The number of hydrogen-bond acceptors (Lipinski definition) is 7. The van der Waals surface area contributed by atoms with Gasteiger partial charge in [0.05, 0.1) is 19.3 Å². The average Bonchev–Trinajstić information content (AvgIpc) is 3.59. The molecule has 7 nitrogen and oxygen atoms in total. The topological polar surface area (TPSA) is 77.5 Å². The van der Waals surface area contributed by atoms with E-state index in [2.05, 4.69) is 10.1 Å². The van der Waals surface area contributed by atoms with Crippen LogP contribution in [0.4, 0.5) is 8.78 Å². The maximum Gasteiger partial charge on any atom is 0.194 e. The average molecular weight is 528 g/mol. The lowest BCUT2D eigenvalue weighted by atomic mass is 9.90. The summed E-state index contributed by atoms with van der Waals surface area (Å²) in [5.74, 6) is -0.155. The minimum atomic E-state index is -1.65. The summed E-state index contributed by atoms with van der Waals surface area (Å²) >= 11 is 3.02. The number of rotatable bonds is 9. The molecule has 0 amide bonds. The first-order valence-electron chi connectivity index (χ1n) is 11.1. The summed E-state index contributed by atoms with van der Waals surface area (Å²) in [6, 6.07) is 11.0. The highest BCUT2D eigenvalue weighted by molar-refractivity contribution is 7.99. The molecule has 0 radical (unpaired) electrons. The van der Waals surface area contributed by atoms with Crippen LogP contribution in [0.1, 0.15) is 17.4 Å². The highest BCUT2D eigenvalue weighted by Crippen LogP contribution is 2.38.